The SMILES string of the molecule is C=CCN(CCN1CCOCC1)C(=O)C1N([C@@H](CO)C(C)C)C(=O)[C@@H]2[C@H](C(=O)N(CC=C)c3ccccc3)[C@@]3(C)OC12CC3C. The van der Waals surface area contributed by atoms with Crippen LogP contribution in [0.4, 0.5) is 5.69 Å². The van der Waals surface area contributed by atoms with Gasteiger partial charge in [0, 0.05) is 45.0 Å². The Labute approximate surface area is 267 Å². The molecule has 4 saturated heterocycles. The number of benzene rings is 1. The number of hydrogen-bond acceptors (Lipinski definition) is 7. The number of fused-ring (bicyclic) bond motifs is 1. The van der Waals surface area contributed by atoms with Crippen LogP contribution in [0.3, 0.4) is 0 Å². The van der Waals surface area contributed by atoms with E-state index in [0.717, 1.165) is 13.1 Å². The van der Waals surface area contributed by atoms with Crippen LogP contribution in [-0.4, -0.2) is 120 Å². The number of morpholine rings is 1. The van der Waals surface area contributed by atoms with E-state index in [0.29, 0.717) is 45.0 Å². The fourth-order valence-electron chi connectivity index (χ4n) is 8.24. The van der Waals surface area contributed by atoms with Gasteiger partial charge in [0.25, 0.3) is 0 Å². The van der Waals surface area contributed by atoms with Gasteiger partial charge in [-0.25, -0.2) is 0 Å². The molecule has 5 rings (SSSR count). The van der Waals surface area contributed by atoms with E-state index in [-0.39, 0.29) is 42.7 Å². The molecular formula is C35H50N4O6. The van der Waals surface area contributed by atoms with E-state index < -0.39 is 35.1 Å². The summed E-state index contributed by atoms with van der Waals surface area (Å²) in [7, 11) is 0. The Balaban J connectivity index is 1.57. The number of anilines is 1. The number of para-hydroxylation sites is 1. The average molecular weight is 623 g/mol. The molecule has 10 heteroatoms. The number of amides is 3. The number of hydrogen-bond donors (Lipinski definition) is 1. The molecule has 246 valence electrons. The quantitative estimate of drug-likeness (QED) is 0.338. The normalized spacial score (nSPS) is 31.6. The van der Waals surface area contributed by atoms with Gasteiger partial charge < -0.3 is 29.3 Å². The summed E-state index contributed by atoms with van der Waals surface area (Å²) in [6.07, 6.45) is 3.85. The summed E-state index contributed by atoms with van der Waals surface area (Å²) in [5.41, 5.74) is -1.46. The molecule has 2 bridgehead atoms. The van der Waals surface area contributed by atoms with Gasteiger partial charge in [0.1, 0.15) is 11.6 Å². The summed E-state index contributed by atoms with van der Waals surface area (Å²) < 4.78 is 12.5. The van der Waals surface area contributed by atoms with Crippen LogP contribution in [0, 0.1) is 23.7 Å². The minimum atomic E-state index is -1.21. The standard InChI is InChI=1S/C35H50N4O6/c1-7-14-37(17-16-36-18-20-44-21-19-36)33(43)30-35-22-25(5)34(6,45-35)28(29(35)32(42)39(30)27(23-40)24(3)4)31(41)38(15-8-2)26-12-10-9-11-13-26/h7-13,24-25,27-30,40H,1-2,14-23H2,3-6H3/t25?,27-,28+,29-,30?,34-,35?/m0/s1. The molecule has 4 fully saturated rings. The highest BCUT2D eigenvalue weighted by Gasteiger charge is 2.80. The zero-order valence-electron chi connectivity index (χ0n) is 27.3. The van der Waals surface area contributed by atoms with Crippen LogP contribution in [0.5, 0.6) is 0 Å². The van der Waals surface area contributed by atoms with Gasteiger partial charge in [-0.05, 0) is 37.3 Å². The van der Waals surface area contributed by atoms with Gasteiger partial charge in [0.2, 0.25) is 17.7 Å². The lowest BCUT2D eigenvalue weighted by atomic mass is 9.62. The first kappa shape index (κ1) is 33.3. The van der Waals surface area contributed by atoms with Crippen molar-refractivity contribution in [2.45, 2.75) is 57.4 Å². The van der Waals surface area contributed by atoms with Crippen LogP contribution in [-0.2, 0) is 23.9 Å². The minimum Gasteiger partial charge on any atom is -0.394 e. The van der Waals surface area contributed by atoms with E-state index >= 15 is 0 Å². The highest BCUT2D eigenvalue weighted by Crippen LogP contribution is 2.66. The molecule has 1 aromatic carbocycles. The first-order valence-electron chi connectivity index (χ1n) is 16.4. The Morgan fingerprint density at radius 1 is 1.11 bits per heavy atom. The summed E-state index contributed by atoms with van der Waals surface area (Å²) in [4.78, 5) is 51.6. The third-order valence-corrected chi connectivity index (χ3v) is 10.7. The summed E-state index contributed by atoms with van der Waals surface area (Å²) in [6.45, 7) is 19.9. The molecule has 4 heterocycles. The molecule has 0 aromatic heterocycles. The van der Waals surface area contributed by atoms with Crippen LogP contribution in [0.2, 0.25) is 0 Å². The topological polar surface area (TPSA) is 103 Å². The number of rotatable bonds is 13. The number of carbonyl (C=O) groups is 3. The number of likely N-dealkylation sites (tertiary alicyclic amines) is 1. The molecule has 1 spiro atoms. The third kappa shape index (κ3) is 5.64. The van der Waals surface area contributed by atoms with Crippen molar-refractivity contribution < 1.29 is 29.0 Å². The summed E-state index contributed by atoms with van der Waals surface area (Å²) in [6, 6.07) is 7.78. The van der Waals surface area contributed by atoms with Crippen LogP contribution in [0.1, 0.15) is 34.1 Å². The van der Waals surface area contributed by atoms with Crippen LogP contribution in [0.25, 0.3) is 0 Å². The molecule has 45 heavy (non-hydrogen) atoms. The van der Waals surface area contributed by atoms with Gasteiger partial charge in [0.15, 0.2) is 0 Å². The largest absolute Gasteiger partial charge is 0.394 e. The van der Waals surface area contributed by atoms with E-state index in [1.807, 2.05) is 58.0 Å². The number of aliphatic hydroxyl groups excluding tert-OH is 1. The third-order valence-electron chi connectivity index (χ3n) is 10.7. The molecular weight excluding hydrogens is 572 g/mol. The number of nitrogens with zero attached hydrogens (tertiary/aromatic N) is 4. The van der Waals surface area contributed by atoms with Gasteiger partial charge in [0.05, 0.1) is 43.3 Å². The second kappa shape index (κ2) is 13.4. The Hall–Kier alpha value is -3.05. The lowest BCUT2D eigenvalue weighted by molar-refractivity contribution is -0.156. The lowest BCUT2D eigenvalue weighted by Gasteiger charge is -2.41. The molecule has 7 atom stereocenters. The molecule has 1 N–H and O–H groups in total. The highest BCUT2D eigenvalue weighted by molar-refractivity contribution is 6.03. The van der Waals surface area contributed by atoms with Crippen LogP contribution in [0.15, 0.2) is 55.6 Å². The van der Waals surface area contributed by atoms with Gasteiger partial charge in [-0.3, -0.25) is 19.3 Å². The zero-order chi connectivity index (χ0) is 32.5. The van der Waals surface area contributed by atoms with Crippen molar-refractivity contribution in [3.63, 3.8) is 0 Å². The second-order valence-corrected chi connectivity index (χ2v) is 13.5. The maximum absolute atomic E-state index is 14.8. The Bertz CT molecular complexity index is 1270. The maximum atomic E-state index is 14.8. The fourth-order valence-corrected chi connectivity index (χ4v) is 8.24. The Kier molecular flexibility index (Phi) is 9.89. The number of ether oxygens (including phenoxy) is 2. The highest BCUT2D eigenvalue weighted by atomic mass is 16.5. The zero-order valence-corrected chi connectivity index (χ0v) is 27.3. The number of aliphatic hydroxyl groups is 1. The predicted molar refractivity (Wildman–Crippen MR) is 172 cm³/mol. The van der Waals surface area contributed by atoms with Crippen molar-refractivity contribution in [2.24, 2.45) is 23.7 Å². The molecule has 10 nitrogen and oxygen atoms in total. The summed E-state index contributed by atoms with van der Waals surface area (Å²) in [5.74, 6) is -2.66. The van der Waals surface area contributed by atoms with E-state index in [2.05, 4.69) is 18.1 Å². The van der Waals surface area contributed by atoms with Crippen molar-refractivity contribution in [1.82, 2.24) is 14.7 Å². The molecule has 0 saturated carbocycles. The molecule has 4 aliphatic rings. The van der Waals surface area contributed by atoms with E-state index in [9.17, 15) is 19.5 Å². The van der Waals surface area contributed by atoms with Gasteiger partial charge in [-0.1, -0.05) is 51.1 Å². The number of carbonyl (C=O) groups excluding carboxylic acids is 3. The first-order chi connectivity index (χ1) is 21.5. The molecule has 3 unspecified atom stereocenters. The van der Waals surface area contributed by atoms with Crippen molar-refractivity contribution in [1.29, 1.82) is 0 Å². The molecule has 0 radical (unpaired) electrons. The van der Waals surface area contributed by atoms with Crippen molar-refractivity contribution in [3.8, 4) is 0 Å². The monoisotopic (exact) mass is 622 g/mol. The van der Waals surface area contributed by atoms with Crippen LogP contribution >= 0.6 is 0 Å². The lowest BCUT2D eigenvalue weighted by Crippen LogP contribution is -2.60. The summed E-state index contributed by atoms with van der Waals surface area (Å²) in [5, 5.41) is 10.6. The van der Waals surface area contributed by atoms with Crippen molar-refractivity contribution >= 4 is 23.4 Å². The Morgan fingerprint density at radius 3 is 2.38 bits per heavy atom. The maximum Gasteiger partial charge on any atom is 0.248 e. The van der Waals surface area contributed by atoms with Gasteiger partial charge >= 0.3 is 0 Å². The molecule has 0 aliphatic carbocycles. The van der Waals surface area contributed by atoms with Gasteiger partial charge in [-0.15, -0.1) is 13.2 Å². The molecule has 3 amide bonds. The predicted octanol–water partition coefficient (Wildman–Crippen LogP) is 2.58. The average Bonchev–Trinajstić information content (AvgIpc) is 3.55. The summed E-state index contributed by atoms with van der Waals surface area (Å²) >= 11 is 0. The molecule has 4 aliphatic heterocycles. The first-order valence-corrected chi connectivity index (χ1v) is 16.4. The fraction of sp³-hybridized carbons (Fsp3) is 0.629. The smallest absolute Gasteiger partial charge is 0.248 e. The van der Waals surface area contributed by atoms with E-state index in [1.54, 1.807) is 26.9 Å². The van der Waals surface area contributed by atoms with E-state index in [4.69, 9.17) is 9.47 Å². The Morgan fingerprint density at radius 2 is 1.78 bits per heavy atom. The van der Waals surface area contributed by atoms with E-state index in [1.165, 1.54) is 0 Å². The van der Waals surface area contributed by atoms with Crippen LogP contribution < -0.4 is 4.90 Å². The van der Waals surface area contributed by atoms with Crippen molar-refractivity contribution in [2.75, 3.05) is 64.0 Å². The minimum absolute atomic E-state index is 0.0973. The second-order valence-electron chi connectivity index (χ2n) is 13.5. The van der Waals surface area contributed by atoms with Crippen molar-refractivity contribution in [3.05, 3.63) is 55.6 Å². The van der Waals surface area contributed by atoms with Gasteiger partial charge in [-0.2, -0.15) is 0 Å². The molecule has 1 aromatic rings.